The summed E-state index contributed by atoms with van der Waals surface area (Å²) in [5.41, 5.74) is 4.70. The summed E-state index contributed by atoms with van der Waals surface area (Å²) < 4.78 is 9.82. The zero-order valence-electron chi connectivity index (χ0n) is 12.8. The van der Waals surface area contributed by atoms with Crippen LogP contribution in [0.1, 0.15) is 33.6 Å². The Balaban J connectivity index is 0.00000400. The van der Waals surface area contributed by atoms with Crippen LogP contribution in [0, 0.1) is 5.92 Å². The van der Waals surface area contributed by atoms with Crippen molar-refractivity contribution in [1.82, 2.24) is 4.90 Å². The zero-order valence-corrected chi connectivity index (χ0v) is 13.6. The number of carbonyl (C=O) groups is 3. The number of nitrogens with two attached hydrogens (primary N) is 1. The Morgan fingerprint density at radius 2 is 1.95 bits per heavy atom. The number of carbonyl (C=O) groups excluding carboxylic acids is 3. The van der Waals surface area contributed by atoms with Crippen molar-refractivity contribution in [2.45, 2.75) is 45.3 Å². The van der Waals surface area contributed by atoms with Crippen LogP contribution < -0.4 is 5.73 Å². The molecule has 8 heteroatoms. The first-order valence-corrected chi connectivity index (χ1v) is 6.55. The number of halogens is 1. The Labute approximate surface area is 130 Å². The number of rotatable bonds is 3. The molecule has 0 radical (unpaired) electrons. The maximum atomic E-state index is 12.2. The predicted octanol–water partition coefficient (Wildman–Crippen LogP) is 1.08. The average Bonchev–Trinajstić information content (AvgIpc) is 2.64. The molecule has 1 heterocycles. The molecule has 1 saturated heterocycles. The topological polar surface area (TPSA) is 98.9 Å². The van der Waals surface area contributed by atoms with E-state index in [4.69, 9.17) is 10.5 Å². The first-order chi connectivity index (χ1) is 9.21. The van der Waals surface area contributed by atoms with Crippen molar-refractivity contribution in [3.8, 4) is 0 Å². The lowest BCUT2D eigenvalue weighted by Crippen LogP contribution is -2.46. The predicted molar refractivity (Wildman–Crippen MR) is 77.9 cm³/mol. The fourth-order valence-electron chi connectivity index (χ4n) is 2.13. The Morgan fingerprint density at radius 1 is 1.38 bits per heavy atom. The number of hydrogen-bond donors (Lipinski definition) is 1. The van der Waals surface area contributed by atoms with Gasteiger partial charge in [-0.1, -0.05) is 0 Å². The molecule has 1 rings (SSSR count). The number of ether oxygens (including phenoxy) is 2. The third-order valence-corrected chi connectivity index (χ3v) is 2.98. The van der Waals surface area contributed by atoms with E-state index in [1.54, 1.807) is 20.8 Å². The molecule has 0 aliphatic carbocycles. The van der Waals surface area contributed by atoms with Crippen LogP contribution in [-0.4, -0.2) is 48.2 Å². The van der Waals surface area contributed by atoms with E-state index in [0.717, 1.165) is 4.90 Å². The molecule has 2 N–H and O–H groups in total. The second-order valence-electron chi connectivity index (χ2n) is 5.74. The van der Waals surface area contributed by atoms with Gasteiger partial charge in [0.25, 0.3) is 0 Å². The highest BCUT2D eigenvalue weighted by atomic mass is 35.5. The van der Waals surface area contributed by atoms with Crippen LogP contribution in [0.3, 0.4) is 0 Å². The number of methoxy groups -OCH3 is 1. The molecule has 0 bridgehead atoms. The largest absolute Gasteiger partial charge is 0.467 e. The van der Waals surface area contributed by atoms with Crippen molar-refractivity contribution in [3.63, 3.8) is 0 Å². The monoisotopic (exact) mass is 322 g/mol. The van der Waals surface area contributed by atoms with E-state index in [1.165, 1.54) is 7.11 Å². The van der Waals surface area contributed by atoms with E-state index in [-0.39, 0.29) is 18.8 Å². The number of esters is 1. The summed E-state index contributed by atoms with van der Waals surface area (Å²) in [5.74, 6) is -1.50. The van der Waals surface area contributed by atoms with E-state index in [0.29, 0.717) is 13.0 Å². The van der Waals surface area contributed by atoms with Gasteiger partial charge in [0.15, 0.2) is 0 Å². The van der Waals surface area contributed by atoms with Crippen molar-refractivity contribution in [2.24, 2.45) is 11.7 Å². The summed E-state index contributed by atoms with van der Waals surface area (Å²) in [4.78, 5) is 36.9. The van der Waals surface area contributed by atoms with Crippen molar-refractivity contribution >= 4 is 30.4 Å². The number of hydrogen-bond acceptors (Lipinski definition) is 6. The molecule has 0 aromatic carbocycles. The van der Waals surface area contributed by atoms with Crippen molar-refractivity contribution in [2.75, 3.05) is 13.7 Å². The maximum Gasteiger partial charge on any atom is 0.417 e. The van der Waals surface area contributed by atoms with Gasteiger partial charge in [-0.2, -0.15) is 0 Å². The van der Waals surface area contributed by atoms with Gasteiger partial charge in [0.05, 0.1) is 7.11 Å². The summed E-state index contributed by atoms with van der Waals surface area (Å²) in [6.45, 7) is 5.38. The van der Waals surface area contributed by atoms with E-state index < -0.39 is 35.5 Å². The molecule has 0 aromatic rings. The number of imide groups is 1. The highest BCUT2D eigenvalue weighted by molar-refractivity contribution is 6.00. The Kier molecular flexibility index (Phi) is 7.12. The third-order valence-electron chi connectivity index (χ3n) is 2.98. The van der Waals surface area contributed by atoms with Gasteiger partial charge in [0.1, 0.15) is 11.6 Å². The van der Waals surface area contributed by atoms with Crippen LogP contribution >= 0.6 is 12.4 Å². The summed E-state index contributed by atoms with van der Waals surface area (Å²) >= 11 is 0. The molecule has 1 fully saturated rings. The van der Waals surface area contributed by atoms with Crippen molar-refractivity contribution < 1.29 is 23.9 Å². The van der Waals surface area contributed by atoms with Gasteiger partial charge < -0.3 is 15.2 Å². The van der Waals surface area contributed by atoms with E-state index >= 15 is 0 Å². The highest BCUT2D eigenvalue weighted by Crippen LogP contribution is 2.29. The molecule has 1 aliphatic rings. The van der Waals surface area contributed by atoms with Gasteiger partial charge in [-0.15, -0.1) is 12.4 Å². The molecule has 7 nitrogen and oxygen atoms in total. The third kappa shape index (κ3) is 4.86. The lowest BCUT2D eigenvalue weighted by Gasteiger charge is -2.26. The molecule has 21 heavy (non-hydrogen) atoms. The maximum absolute atomic E-state index is 12.2. The normalized spacial score (nSPS) is 21.8. The molecular weight excluding hydrogens is 300 g/mol. The highest BCUT2D eigenvalue weighted by Gasteiger charge is 2.48. The second-order valence-corrected chi connectivity index (χ2v) is 5.74. The lowest BCUT2D eigenvalue weighted by molar-refractivity contribution is -0.148. The molecule has 122 valence electrons. The summed E-state index contributed by atoms with van der Waals surface area (Å²) in [5, 5.41) is 0. The van der Waals surface area contributed by atoms with Gasteiger partial charge in [-0.25, -0.2) is 14.5 Å². The Hall–Kier alpha value is -1.34. The van der Waals surface area contributed by atoms with Gasteiger partial charge in [0.2, 0.25) is 5.91 Å². The Morgan fingerprint density at radius 3 is 2.38 bits per heavy atom. The molecule has 2 atom stereocenters. The first kappa shape index (κ1) is 19.7. The lowest BCUT2D eigenvalue weighted by atomic mass is 10.0. The van der Waals surface area contributed by atoms with Crippen LogP contribution in [0.25, 0.3) is 0 Å². The van der Waals surface area contributed by atoms with Crippen LogP contribution in [0.2, 0.25) is 0 Å². The van der Waals surface area contributed by atoms with Gasteiger partial charge in [-0.05, 0) is 40.2 Å². The molecular formula is C13H23ClN2O5. The molecule has 0 unspecified atom stereocenters. The number of nitrogens with zero attached hydrogens (tertiary/aromatic N) is 1. The first-order valence-electron chi connectivity index (χ1n) is 6.55. The summed E-state index contributed by atoms with van der Waals surface area (Å²) in [6, 6.07) is -0.932. The van der Waals surface area contributed by atoms with E-state index in [2.05, 4.69) is 4.74 Å². The van der Waals surface area contributed by atoms with Gasteiger partial charge in [-0.3, -0.25) is 4.79 Å². The van der Waals surface area contributed by atoms with E-state index in [1.807, 2.05) is 0 Å². The minimum atomic E-state index is -0.932. The molecule has 1 aliphatic heterocycles. The molecule has 2 amide bonds. The molecule has 0 spiro atoms. The fraction of sp³-hybridized carbons (Fsp3) is 0.769. The SMILES string of the molecule is COC(=O)[C@@H]1C[C@H](CCN)C(=O)N1C(=O)OC(C)(C)C.Cl. The van der Waals surface area contributed by atoms with E-state index in [9.17, 15) is 14.4 Å². The van der Waals surface area contributed by atoms with Crippen molar-refractivity contribution in [1.29, 1.82) is 0 Å². The smallest absolute Gasteiger partial charge is 0.417 e. The fourth-order valence-corrected chi connectivity index (χ4v) is 2.13. The molecule has 0 saturated carbocycles. The minimum absolute atomic E-state index is 0. The standard InChI is InChI=1S/C13H22N2O5.ClH/c1-13(2,3)20-12(18)15-9(11(17)19-4)7-8(5-6-14)10(15)16;/h8-9H,5-7,14H2,1-4H3;1H/t8-,9-;/m0./s1. The van der Waals surface area contributed by atoms with Crippen molar-refractivity contribution in [3.05, 3.63) is 0 Å². The Bertz CT molecular complexity index is 408. The minimum Gasteiger partial charge on any atom is -0.467 e. The van der Waals surface area contributed by atoms with Crippen LogP contribution in [0.15, 0.2) is 0 Å². The summed E-state index contributed by atoms with van der Waals surface area (Å²) in [6.07, 6.45) is -0.175. The number of likely N-dealkylation sites (tertiary alicyclic amines) is 1. The molecule has 0 aromatic heterocycles. The zero-order chi connectivity index (χ0) is 15.5. The summed E-state index contributed by atoms with van der Waals surface area (Å²) in [7, 11) is 1.22. The van der Waals surface area contributed by atoms with Gasteiger partial charge >= 0.3 is 12.1 Å². The van der Waals surface area contributed by atoms with Gasteiger partial charge in [0, 0.05) is 5.92 Å². The quantitative estimate of drug-likeness (QED) is 0.781. The average molecular weight is 323 g/mol. The van der Waals surface area contributed by atoms with Crippen LogP contribution in [-0.2, 0) is 19.1 Å². The van der Waals surface area contributed by atoms with Crippen LogP contribution in [0.5, 0.6) is 0 Å². The second kappa shape index (κ2) is 7.61. The van der Waals surface area contributed by atoms with Crippen LogP contribution in [0.4, 0.5) is 4.79 Å². The number of amides is 2.